The number of halogens is 3. The van der Waals surface area contributed by atoms with Crippen molar-refractivity contribution in [1.82, 2.24) is 9.97 Å². The Morgan fingerprint density at radius 2 is 1.38 bits per heavy atom. The summed E-state index contributed by atoms with van der Waals surface area (Å²) < 4.78 is 39.3. The molecule has 0 fully saturated rings. The Bertz CT molecular complexity index is 1250. The molecule has 0 saturated carbocycles. The van der Waals surface area contributed by atoms with E-state index in [1.54, 1.807) is 24.5 Å². The van der Waals surface area contributed by atoms with Crippen molar-refractivity contribution < 1.29 is 33.3 Å². The first-order valence-electron chi connectivity index (χ1n) is 10.1. The standard InChI is InChI=1S/C17H9F3N.C11H8N.Ir/c18-14-8-13(9-15(19)17(14)20)16-7-6-12(10-21-16)11-4-2-1-3-5-11;1-2-6-10(7-3-1)11-8-4-5-9-12-11;/h1-8,10H;1-6,8-9H;/q2*-1;. The fourth-order valence-electron chi connectivity index (χ4n) is 3.07. The first-order valence-corrected chi connectivity index (χ1v) is 10.1. The average molecular weight is 631 g/mol. The number of nitrogens with zero attached hydrogens (tertiary/aromatic N) is 2. The molecular formula is C28H17F3IrN2-2. The van der Waals surface area contributed by atoms with E-state index in [4.69, 9.17) is 0 Å². The number of pyridine rings is 2. The van der Waals surface area contributed by atoms with Crippen LogP contribution in [0.25, 0.3) is 33.6 Å². The van der Waals surface area contributed by atoms with Crippen LogP contribution in [0.2, 0.25) is 0 Å². The Balaban J connectivity index is 0.000000212. The number of rotatable bonds is 3. The molecule has 0 saturated heterocycles. The summed E-state index contributed by atoms with van der Waals surface area (Å²) in [4.78, 5) is 8.37. The third kappa shape index (κ3) is 6.25. The van der Waals surface area contributed by atoms with Gasteiger partial charge >= 0.3 is 0 Å². The van der Waals surface area contributed by atoms with Gasteiger partial charge in [0, 0.05) is 32.5 Å². The van der Waals surface area contributed by atoms with Crippen molar-refractivity contribution in [3.05, 3.63) is 133 Å². The molecule has 0 unspecified atom stereocenters. The first-order chi connectivity index (χ1) is 16.1. The van der Waals surface area contributed by atoms with Gasteiger partial charge in [-0.05, 0) is 28.6 Å². The molecule has 0 N–H and O–H groups in total. The summed E-state index contributed by atoms with van der Waals surface area (Å²) in [5, 5.41) is 0. The maximum absolute atomic E-state index is 13.2. The molecule has 5 rings (SSSR count). The van der Waals surface area contributed by atoms with E-state index in [0.717, 1.165) is 28.5 Å². The molecular weight excluding hydrogens is 614 g/mol. The monoisotopic (exact) mass is 631 g/mol. The van der Waals surface area contributed by atoms with Gasteiger partial charge in [0.15, 0.2) is 0 Å². The molecule has 0 aliphatic heterocycles. The van der Waals surface area contributed by atoms with Crippen LogP contribution in [0.15, 0.2) is 103 Å². The fourth-order valence-corrected chi connectivity index (χ4v) is 3.07. The van der Waals surface area contributed by atoms with Crippen molar-refractivity contribution >= 4 is 0 Å². The summed E-state index contributed by atoms with van der Waals surface area (Å²) in [6.07, 6.45) is 3.38. The molecule has 0 bridgehead atoms. The fraction of sp³-hybridized carbons (Fsp3) is 0. The smallest absolute Gasteiger partial charge is 0.108 e. The summed E-state index contributed by atoms with van der Waals surface area (Å²) in [6, 6.07) is 32.8. The van der Waals surface area contributed by atoms with Crippen molar-refractivity contribution in [3.8, 4) is 33.6 Å². The van der Waals surface area contributed by atoms with Crippen LogP contribution in [-0.2, 0) is 20.1 Å². The van der Waals surface area contributed by atoms with Gasteiger partial charge in [-0.25, -0.2) is 8.78 Å². The molecule has 2 aromatic heterocycles. The van der Waals surface area contributed by atoms with Crippen LogP contribution < -0.4 is 0 Å². The molecule has 3 aromatic carbocycles. The quantitative estimate of drug-likeness (QED) is 0.156. The number of aromatic nitrogens is 2. The van der Waals surface area contributed by atoms with Gasteiger partial charge in [0.25, 0.3) is 0 Å². The third-order valence-electron chi connectivity index (χ3n) is 4.71. The molecule has 6 heteroatoms. The molecule has 5 aromatic rings. The molecule has 1 radical (unpaired) electrons. The van der Waals surface area contributed by atoms with E-state index >= 15 is 0 Å². The SMILES string of the molecule is Fc1[c-]c(-c2ccc(-c3ccccc3)cn2)cc(F)c1F.[Ir].[c-]1ccccc1-c1ccccn1. The van der Waals surface area contributed by atoms with E-state index in [2.05, 4.69) is 22.1 Å². The predicted molar refractivity (Wildman–Crippen MR) is 122 cm³/mol. The van der Waals surface area contributed by atoms with E-state index in [-0.39, 0.29) is 25.7 Å². The Kier molecular flexibility index (Phi) is 8.86. The topological polar surface area (TPSA) is 25.8 Å². The van der Waals surface area contributed by atoms with Gasteiger partial charge < -0.3 is 9.97 Å². The summed E-state index contributed by atoms with van der Waals surface area (Å²) in [7, 11) is 0. The molecule has 0 spiro atoms. The third-order valence-corrected chi connectivity index (χ3v) is 4.71. The van der Waals surface area contributed by atoms with E-state index in [9.17, 15) is 13.2 Å². The second-order valence-electron chi connectivity index (χ2n) is 6.95. The van der Waals surface area contributed by atoms with Crippen molar-refractivity contribution in [2.45, 2.75) is 0 Å². The maximum atomic E-state index is 13.2. The Labute approximate surface area is 209 Å². The molecule has 0 aliphatic carbocycles. The van der Waals surface area contributed by atoms with Gasteiger partial charge in [-0.1, -0.05) is 54.6 Å². The van der Waals surface area contributed by atoms with Gasteiger partial charge in [0.1, 0.15) is 5.82 Å². The van der Waals surface area contributed by atoms with Gasteiger partial charge in [0.05, 0.1) is 11.6 Å². The van der Waals surface area contributed by atoms with Gasteiger partial charge in [-0.3, -0.25) is 4.39 Å². The Hall–Kier alpha value is -3.60. The zero-order valence-corrected chi connectivity index (χ0v) is 20.1. The van der Waals surface area contributed by atoms with Gasteiger partial charge in [0.2, 0.25) is 0 Å². The molecule has 0 amide bonds. The van der Waals surface area contributed by atoms with Crippen LogP contribution in [-0.4, -0.2) is 9.97 Å². The Morgan fingerprint density at radius 1 is 0.647 bits per heavy atom. The van der Waals surface area contributed by atoms with Crippen molar-refractivity contribution in [3.63, 3.8) is 0 Å². The van der Waals surface area contributed by atoms with Gasteiger partial charge in [-0.15, -0.1) is 53.6 Å². The summed E-state index contributed by atoms with van der Waals surface area (Å²) in [5.74, 6) is -4.13. The van der Waals surface area contributed by atoms with E-state index in [1.165, 1.54) is 0 Å². The first kappa shape index (κ1) is 25.0. The Morgan fingerprint density at radius 3 is 2.00 bits per heavy atom. The number of benzene rings is 3. The molecule has 2 heterocycles. The second-order valence-corrected chi connectivity index (χ2v) is 6.95. The van der Waals surface area contributed by atoms with Crippen molar-refractivity contribution in [2.24, 2.45) is 0 Å². The van der Waals surface area contributed by atoms with Crippen LogP contribution in [0.4, 0.5) is 13.2 Å². The summed E-state index contributed by atoms with van der Waals surface area (Å²) in [6.45, 7) is 0. The van der Waals surface area contributed by atoms with Crippen LogP contribution >= 0.6 is 0 Å². The minimum atomic E-state index is -1.53. The molecule has 0 atom stereocenters. The van der Waals surface area contributed by atoms with E-state index < -0.39 is 17.5 Å². The number of hydrogen-bond acceptors (Lipinski definition) is 2. The van der Waals surface area contributed by atoms with Crippen molar-refractivity contribution in [1.29, 1.82) is 0 Å². The van der Waals surface area contributed by atoms with Gasteiger partial charge in [-0.2, -0.15) is 0 Å². The molecule has 2 nitrogen and oxygen atoms in total. The van der Waals surface area contributed by atoms with E-state index in [0.29, 0.717) is 5.69 Å². The van der Waals surface area contributed by atoms with Crippen LogP contribution in [0, 0.1) is 29.6 Å². The second kappa shape index (κ2) is 12.0. The maximum Gasteiger partial charge on any atom is 0.108 e. The minimum Gasteiger partial charge on any atom is -0.305 e. The van der Waals surface area contributed by atoms with Crippen LogP contribution in [0.5, 0.6) is 0 Å². The zero-order chi connectivity index (χ0) is 23.0. The molecule has 0 aliphatic rings. The average Bonchev–Trinajstić information content (AvgIpc) is 2.89. The predicted octanol–water partition coefficient (Wildman–Crippen LogP) is 7.18. The largest absolute Gasteiger partial charge is 0.305 e. The number of hydrogen-bond donors (Lipinski definition) is 0. The summed E-state index contributed by atoms with van der Waals surface area (Å²) >= 11 is 0. The normalized spacial score (nSPS) is 9.97. The van der Waals surface area contributed by atoms with Crippen LogP contribution in [0.3, 0.4) is 0 Å². The summed E-state index contributed by atoms with van der Waals surface area (Å²) in [5.41, 5.74) is 4.27. The molecule has 34 heavy (non-hydrogen) atoms. The van der Waals surface area contributed by atoms with Crippen molar-refractivity contribution in [2.75, 3.05) is 0 Å². The zero-order valence-electron chi connectivity index (χ0n) is 17.7. The minimum absolute atomic E-state index is 0. The van der Waals surface area contributed by atoms with Crippen LogP contribution in [0.1, 0.15) is 0 Å². The molecule has 171 valence electrons. The van der Waals surface area contributed by atoms with E-state index in [1.807, 2.05) is 72.8 Å².